The first kappa shape index (κ1) is 32.4. The maximum absolute atomic E-state index is 5.25. The van der Waals surface area contributed by atoms with Gasteiger partial charge in [-0.15, -0.1) is 22.1 Å². The maximum atomic E-state index is 5.25. The molecule has 2 aliphatic rings. The molecule has 7 aromatic heterocycles. The number of nitrogens with zero attached hydrogens (tertiary/aromatic N) is 8. The van der Waals surface area contributed by atoms with Crippen LogP contribution in [0.2, 0.25) is 0 Å². The summed E-state index contributed by atoms with van der Waals surface area (Å²) in [6.45, 7) is 0. The van der Waals surface area contributed by atoms with Crippen LogP contribution in [0.4, 0.5) is 0 Å². The summed E-state index contributed by atoms with van der Waals surface area (Å²) in [6.07, 6.45) is 22.5. The van der Waals surface area contributed by atoms with E-state index < -0.39 is 0 Å². The van der Waals surface area contributed by atoms with E-state index in [0.717, 1.165) is 89.4 Å². The van der Waals surface area contributed by atoms with Crippen molar-refractivity contribution in [2.24, 2.45) is 0 Å². The van der Waals surface area contributed by atoms with Gasteiger partial charge in [-0.05, 0) is 112 Å². The van der Waals surface area contributed by atoms with Crippen LogP contribution in [-0.4, -0.2) is 29.9 Å². The van der Waals surface area contributed by atoms with E-state index in [-0.39, 0.29) is 27.2 Å². The molecule has 2 aliphatic heterocycles. The zero-order chi connectivity index (χ0) is 31.9. The number of rotatable bonds is 4. The van der Waals surface area contributed by atoms with E-state index in [1.165, 1.54) is 0 Å². The van der Waals surface area contributed by atoms with Gasteiger partial charge in [0.15, 0.2) is 0 Å². The van der Waals surface area contributed by atoms with Crippen molar-refractivity contribution in [3.05, 3.63) is 145 Å². The van der Waals surface area contributed by atoms with Gasteiger partial charge in [0.1, 0.15) is 0 Å². The molecule has 8 bridgehead atoms. The van der Waals surface area contributed by atoms with Crippen molar-refractivity contribution in [3.63, 3.8) is 0 Å². The van der Waals surface area contributed by atoms with Gasteiger partial charge in [-0.3, -0.25) is 19.9 Å². The minimum Gasteiger partial charge on any atom is -2.00 e. The summed E-state index contributed by atoms with van der Waals surface area (Å²) in [6, 6.07) is 24.1. The fourth-order valence-electron chi connectivity index (χ4n) is 6.34. The molecule has 0 unspecified atom stereocenters. The van der Waals surface area contributed by atoms with Crippen LogP contribution in [-0.2, 0) is 27.2 Å². The molecule has 9 heterocycles. The van der Waals surface area contributed by atoms with E-state index >= 15 is 0 Å². The number of hydrogen-bond acceptors (Lipinski definition) is 6. The van der Waals surface area contributed by atoms with Crippen LogP contribution in [0.3, 0.4) is 0 Å². The third-order valence-corrected chi connectivity index (χ3v) is 8.49. The molecule has 0 aromatic carbocycles. The Bertz CT molecular complexity index is 2410. The number of aromatic nitrogens is 8. The van der Waals surface area contributed by atoms with Crippen molar-refractivity contribution in [2.45, 2.75) is 0 Å². The summed E-state index contributed by atoms with van der Waals surface area (Å²) in [4.78, 5) is 38.1. The molecule has 0 amide bonds. The van der Waals surface area contributed by atoms with E-state index in [9.17, 15) is 0 Å². The van der Waals surface area contributed by atoms with Gasteiger partial charge >= 0.3 is 21.7 Å². The van der Waals surface area contributed by atoms with Crippen molar-refractivity contribution >= 4 is 46.4 Å². The van der Waals surface area contributed by atoms with Crippen molar-refractivity contribution in [1.29, 1.82) is 0 Å². The molecule has 0 N–H and O–H groups in total. The second-order valence-corrected chi connectivity index (χ2v) is 11.3. The first-order valence-electron chi connectivity index (χ1n) is 15.5. The van der Waals surface area contributed by atoms with Crippen LogP contribution in [0.25, 0.3) is 90.9 Å². The fraction of sp³-hybridized carbons (Fsp3) is 0. The van der Waals surface area contributed by atoms with Crippen LogP contribution in [0.1, 0.15) is 22.8 Å². The Morgan fingerprint density at radius 3 is 0.920 bits per heavy atom. The largest absolute Gasteiger partial charge is 4.00 e. The van der Waals surface area contributed by atoms with Gasteiger partial charge < -0.3 is 15.4 Å². The average molecular weight is 681 g/mol. The first-order valence-corrected chi connectivity index (χ1v) is 15.5. The van der Waals surface area contributed by atoms with Crippen LogP contribution in [0, 0.1) is 0 Å². The van der Waals surface area contributed by atoms with Gasteiger partial charge in [0.25, 0.3) is 0 Å². The van der Waals surface area contributed by atoms with Gasteiger partial charge in [-0.2, -0.15) is 0 Å². The molecule has 9 nitrogen and oxygen atoms in total. The Labute approximate surface area is 301 Å². The Morgan fingerprint density at radius 2 is 0.580 bits per heavy atom. The Balaban J connectivity index is 0.00000196. The number of fused-ring (bicyclic) bond motifs is 8. The topological polar surface area (TPSA) is 134 Å². The molecule has 0 fully saturated rings. The fourth-order valence-corrected chi connectivity index (χ4v) is 6.34. The van der Waals surface area contributed by atoms with Gasteiger partial charge in [0, 0.05) is 55.1 Å². The number of hydrogen-bond donors (Lipinski definition) is 0. The van der Waals surface area contributed by atoms with Crippen molar-refractivity contribution < 1.29 is 27.2 Å². The summed E-state index contributed by atoms with van der Waals surface area (Å²) in [7, 11) is 0. The molecule has 234 valence electrons. The minimum atomic E-state index is 0. The third-order valence-electron chi connectivity index (χ3n) is 8.49. The monoisotopic (exact) mass is 680 g/mol. The molecule has 50 heavy (non-hydrogen) atoms. The molecule has 0 spiro atoms. The Hall–Kier alpha value is -6.13. The molecule has 10 heteroatoms. The summed E-state index contributed by atoms with van der Waals surface area (Å²) in [5.74, 6) is 0. The summed E-state index contributed by atoms with van der Waals surface area (Å²) < 4.78 is 0. The second-order valence-electron chi connectivity index (χ2n) is 11.3. The van der Waals surface area contributed by atoms with Crippen molar-refractivity contribution in [2.75, 3.05) is 0 Å². The van der Waals surface area contributed by atoms with Gasteiger partial charge in [0.2, 0.25) is 0 Å². The molecule has 0 saturated heterocycles. The molecule has 7 aromatic rings. The normalized spacial score (nSPS) is 11.5. The quantitative estimate of drug-likeness (QED) is 0.171. The van der Waals surface area contributed by atoms with Crippen LogP contribution in [0.5, 0.6) is 0 Å². The van der Waals surface area contributed by atoms with E-state index in [1.54, 1.807) is 49.6 Å². The molecular weight excluding hydrogens is 656 g/mol. The van der Waals surface area contributed by atoms with E-state index in [4.69, 9.17) is 19.9 Å². The molecule has 0 aliphatic carbocycles. The smallest absolute Gasteiger partial charge is 2.00 e. The van der Waals surface area contributed by atoms with Gasteiger partial charge in [0.05, 0.1) is 22.8 Å². The van der Waals surface area contributed by atoms with Crippen molar-refractivity contribution in [3.8, 4) is 44.5 Å². The molecule has 9 rings (SSSR count). The Kier molecular flexibility index (Phi) is 8.93. The maximum Gasteiger partial charge on any atom is 4.00 e. The predicted octanol–water partition coefficient (Wildman–Crippen LogP) is 8.04. The van der Waals surface area contributed by atoms with E-state index in [1.807, 2.05) is 48.5 Å². The summed E-state index contributed by atoms with van der Waals surface area (Å²) >= 11 is 0. The second kappa shape index (κ2) is 13.8. The standard InChI is InChI=1S/C40H24N8.O.Ti/c1-2-30-38(26-11-19-42-20-12-26)32-5-6-34(47-32)40(28-15-23-44-24-16-28)36-8-7-35(48-36)39(27-13-21-43-22-14-27)33-4-3-31(46-33)37(29(1)45-30)25-9-17-41-18-10-25;;/h1-24H;;/q2*-2;+4. The molecule has 0 saturated carbocycles. The molecule has 0 radical (unpaired) electrons. The summed E-state index contributed by atoms with van der Waals surface area (Å²) in [5, 5.41) is 0. The van der Waals surface area contributed by atoms with Crippen molar-refractivity contribution in [1.82, 2.24) is 39.9 Å². The van der Waals surface area contributed by atoms with E-state index in [0.29, 0.717) is 0 Å². The Morgan fingerprint density at radius 1 is 0.320 bits per heavy atom. The molecule has 0 atom stereocenters. The van der Waals surface area contributed by atoms with Crippen LogP contribution >= 0.6 is 0 Å². The zero-order valence-corrected chi connectivity index (χ0v) is 27.9. The molecular formula is C40H24N8OTi. The third kappa shape index (κ3) is 5.80. The van der Waals surface area contributed by atoms with Crippen LogP contribution < -0.4 is 9.97 Å². The van der Waals surface area contributed by atoms with E-state index in [2.05, 4.69) is 68.5 Å². The average Bonchev–Trinajstić information content (AvgIpc) is 3.98. The first-order chi connectivity index (χ1) is 23.8. The van der Waals surface area contributed by atoms with Crippen LogP contribution in [0.15, 0.2) is 122 Å². The van der Waals surface area contributed by atoms with Gasteiger partial charge in [-0.1, -0.05) is 24.3 Å². The van der Waals surface area contributed by atoms with Gasteiger partial charge in [-0.25, -0.2) is 9.97 Å². The minimum absolute atomic E-state index is 0. The predicted molar refractivity (Wildman–Crippen MR) is 190 cm³/mol. The zero-order valence-electron chi connectivity index (χ0n) is 26.3. The summed E-state index contributed by atoms with van der Waals surface area (Å²) in [5.41, 5.74) is 13.9. The number of pyridine rings is 4. The SMILES string of the molecule is C1=Cc2nc1c(-c1ccncc1)c1nc(c(-c3ccncc3)c3ccc([n-]3)c(-c3ccncc3)c3ccc([n-]3)c2-c2ccncc2)C=C1.[O-2].[Ti+4].